The summed E-state index contributed by atoms with van der Waals surface area (Å²) in [5.41, 5.74) is 5.15. The summed E-state index contributed by atoms with van der Waals surface area (Å²) in [5, 5.41) is 8.85. The van der Waals surface area contributed by atoms with Crippen LogP contribution in [0.5, 0.6) is 0 Å². The van der Waals surface area contributed by atoms with Gasteiger partial charge in [-0.15, -0.1) is 0 Å². The van der Waals surface area contributed by atoms with Crippen molar-refractivity contribution in [2.45, 2.75) is 39.7 Å². The van der Waals surface area contributed by atoms with Crippen molar-refractivity contribution in [3.8, 4) is 0 Å². The number of ketones is 1. The van der Waals surface area contributed by atoms with E-state index in [0.717, 1.165) is 0 Å². The predicted octanol–water partition coefficient (Wildman–Crippen LogP) is 0.701. The molecule has 0 aromatic carbocycles. The lowest BCUT2D eigenvalue weighted by Crippen LogP contribution is -2.17. The number of aliphatic hydroxyl groups is 1. The molecule has 0 amide bonds. The number of aliphatic hydroxyl groups excluding tert-OH is 1. The Labute approximate surface area is 68.6 Å². The van der Waals surface area contributed by atoms with Gasteiger partial charge in [-0.3, -0.25) is 4.79 Å². The van der Waals surface area contributed by atoms with Crippen molar-refractivity contribution in [1.82, 2.24) is 0 Å². The van der Waals surface area contributed by atoms with E-state index in [1.165, 1.54) is 6.92 Å². The monoisotopic (exact) mass is 161 g/mol. The normalized spacial score (nSPS) is 11.4. The highest BCUT2D eigenvalue weighted by molar-refractivity contribution is 5.79. The van der Waals surface area contributed by atoms with Crippen LogP contribution in [0, 0.1) is 0 Å². The topological polar surface area (TPSA) is 63.3 Å². The van der Waals surface area contributed by atoms with Crippen molar-refractivity contribution in [2.24, 2.45) is 5.73 Å². The van der Waals surface area contributed by atoms with Gasteiger partial charge in [0.25, 0.3) is 0 Å². The molecule has 3 nitrogen and oxygen atoms in total. The molecular weight excluding hydrogens is 142 g/mol. The molecule has 0 aliphatic rings. The second-order valence-electron chi connectivity index (χ2n) is 2.06. The Morgan fingerprint density at radius 3 is 2.27 bits per heavy atom. The largest absolute Gasteiger partial charge is 0.385 e. The van der Waals surface area contributed by atoms with Gasteiger partial charge >= 0.3 is 0 Å². The van der Waals surface area contributed by atoms with Gasteiger partial charge in [0.05, 0.1) is 0 Å². The van der Waals surface area contributed by atoms with Crippen LogP contribution < -0.4 is 5.73 Å². The summed E-state index contributed by atoms with van der Waals surface area (Å²) in [5.74, 6) is -0.177. The molecule has 0 spiro atoms. The molecule has 1 atom stereocenters. The van der Waals surface area contributed by atoms with Gasteiger partial charge in [0, 0.05) is 0 Å². The fourth-order valence-electron chi connectivity index (χ4n) is 0.514. The van der Waals surface area contributed by atoms with Gasteiger partial charge in [-0.1, -0.05) is 13.8 Å². The Balaban J connectivity index is 0. The highest BCUT2D eigenvalue weighted by Gasteiger charge is 2.06. The van der Waals surface area contributed by atoms with E-state index in [2.05, 4.69) is 0 Å². The van der Waals surface area contributed by atoms with Crippen LogP contribution in [0.25, 0.3) is 0 Å². The lowest BCUT2D eigenvalue weighted by atomic mass is 10.1. The molecule has 0 saturated heterocycles. The number of rotatable bonds is 4. The van der Waals surface area contributed by atoms with E-state index in [1.807, 2.05) is 13.8 Å². The summed E-state index contributed by atoms with van der Waals surface area (Å²) in [6.07, 6.45) is 0.403. The van der Waals surface area contributed by atoms with E-state index in [9.17, 15) is 4.79 Å². The van der Waals surface area contributed by atoms with Gasteiger partial charge in [0.15, 0.2) is 5.78 Å². The minimum Gasteiger partial charge on any atom is -0.385 e. The number of nitrogens with two attached hydrogens (primary N) is 1. The number of carbonyl (C=O) groups is 1. The van der Waals surface area contributed by atoms with Crippen LogP contribution >= 0.6 is 0 Å². The first-order chi connectivity index (χ1) is 5.18. The predicted molar refractivity (Wildman–Crippen MR) is 46.3 cm³/mol. The van der Waals surface area contributed by atoms with Crippen molar-refractivity contribution in [3.05, 3.63) is 0 Å². The van der Waals surface area contributed by atoms with Gasteiger partial charge in [0.2, 0.25) is 0 Å². The Hall–Kier alpha value is -0.410. The minimum atomic E-state index is -0.798. The molecule has 0 aromatic rings. The SMILES string of the molecule is CC.CC(=O)C(O)CCCN. The molecule has 0 heterocycles. The fourth-order valence-corrected chi connectivity index (χ4v) is 0.514. The molecule has 0 rings (SSSR count). The Kier molecular flexibility index (Phi) is 11.5. The van der Waals surface area contributed by atoms with Crippen LogP contribution in [-0.4, -0.2) is 23.5 Å². The van der Waals surface area contributed by atoms with Crippen LogP contribution in [0.15, 0.2) is 0 Å². The smallest absolute Gasteiger partial charge is 0.158 e. The van der Waals surface area contributed by atoms with Crippen LogP contribution in [0.2, 0.25) is 0 Å². The highest BCUT2D eigenvalue weighted by atomic mass is 16.3. The van der Waals surface area contributed by atoms with Gasteiger partial charge in [0.1, 0.15) is 6.10 Å². The number of carbonyl (C=O) groups excluding carboxylic acids is 1. The summed E-state index contributed by atoms with van der Waals surface area (Å²) in [4.78, 5) is 10.4. The van der Waals surface area contributed by atoms with E-state index >= 15 is 0 Å². The summed E-state index contributed by atoms with van der Waals surface area (Å²) < 4.78 is 0. The summed E-state index contributed by atoms with van der Waals surface area (Å²) in [6.45, 7) is 5.91. The summed E-state index contributed by atoms with van der Waals surface area (Å²) >= 11 is 0. The van der Waals surface area contributed by atoms with Gasteiger partial charge < -0.3 is 10.8 Å². The van der Waals surface area contributed by atoms with Crippen LogP contribution in [0.1, 0.15) is 33.6 Å². The van der Waals surface area contributed by atoms with Crippen LogP contribution in [0.4, 0.5) is 0 Å². The second-order valence-corrected chi connectivity index (χ2v) is 2.06. The lowest BCUT2D eigenvalue weighted by molar-refractivity contribution is -0.125. The number of hydrogen-bond acceptors (Lipinski definition) is 3. The van der Waals surface area contributed by atoms with Crippen LogP contribution in [0.3, 0.4) is 0 Å². The first-order valence-corrected chi connectivity index (χ1v) is 4.07. The third-order valence-corrected chi connectivity index (χ3v) is 1.15. The summed E-state index contributed by atoms with van der Waals surface area (Å²) in [7, 11) is 0. The average molecular weight is 161 g/mol. The molecule has 0 radical (unpaired) electrons. The highest BCUT2D eigenvalue weighted by Crippen LogP contribution is 1.95. The first kappa shape index (κ1) is 13.2. The fraction of sp³-hybridized carbons (Fsp3) is 0.875. The molecule has 0 aliphatic carbocycles. The third-order valence-electron chi connectivity index (χ3n) is 1.15. The van der Waals surface area contributed by atoms with Gasteiger partial charge in [-0.25, -0.2) is 0 Å². The molecule has 1 unspecified atom stereocenters. The molecular formula is C8H19NO2. The van der Waals surface area contributed by atoms with Crippen molar-refractivity contribution in [3.63, 3.8) is 0 Å². The van der Waals surface area contributed by atoms with E-state index < -0.39 is 6.10 Å². The molecule has 68 valence electrons. The van der Waals surface area contributed by atoms with Crippen LogP contribution in [-0.2, 0) is 4.79 Å². The molecule has 0 aromatic heterocycles. The maximum Gasteiger partial charge on any atom is 0.158 e. The zero-order valence-electron chi connectivity index (χ0n) is 7.63. The molecule has 0 aliphatic heterocycles. The number of Topliss-reactive ketones (excluding diaryl/α,β-unsaturated/α-hetero) is 1. The molecule has 0 bridgehead atoms. The maximum atomic E-state index is 10.4. The quantitative estimate of drug-likeness (QED) is 0.638. The zero-order chi connectivity index (χ0) is 9.28. The maximum absolute atomic E-state index is 10.4. The first-order valence-electron chi connectivity index (χ1n) is 4.07. The van der Waals surface area contributed by atoms with E-state index in [1.54, 1.807) is 0 Å². The molecule has 3 heteroatoms. The molecule has 0 fully saturated rings. The minimum absolute atomic E-state index is 0.177. The second kappa shape index (κ2) is 9.59. The van der Waals surface area contributed by atoms with E-state index in [-0.39, 0.29) is 5.78 Å². The molecule has 3 N–H and O–H groups in total. The Morgan fingerprint density at radius 2 is 2.00 bits per heavy atom. The molecule has 11 heavy (non-hydrogen) atoms. The Morgan fingerprint density at radius 1 is 1.55 bits per heavy atom. The average Bonchev–Trinajstić information content (AvgIpc) is 2.03. The van der Waals surface area contributed by atoms with E-state index in [0.29, 0.717) is 19.4 Å². The van der Waals surface area contributed by atoms with Crippen molar-refractivity contribution < 1.29 is 9.90 Å². The third kappa shape index (κ3) is 9.59. The summed E-state index contributed by atoms with van der Waals surface area (Å²) in [6, 6.07) is 0. The number of hydrogen-bond donors (Lipinski definition) is 2. The lowest BCUT2D eigenvalue weighted by Gasteiger charge is -2.02. The Bertz CT molecular complexity index is 94.1. The van der Waals surface area contributed by atoms with Gasteiger partial charge in [-0.2, -0.15) is 0 Å². The van der Waals surface area contributed by atoms with Crippen molar-refractivity contribution in [1.29, 1.82) is 0 Å². The zero-order valence-corrected chi connectivity index (χ0v) is 7.63. The standard InChI is InChI=1S/C6H13NO2.C2H6/c1-5(8)6(9)3-2-4-7;1-2/h6,9H,2-4,7H2,1H3;1-2H3. The van der Waals surface area contributed by atoms with Crippen molar-refractivity contribution in [2.75, 3.05) is 6.54 Å². The van der Waals surface area contributed by atoms with Gasteiger partial charge in [-0.05, 0) is 26.3 Å². The van der Waals surface area contributed by atoms with Crippen molar-refractivity contribution >= 4 is 5.78 Å². The van der Waals surface area contributed by atoms with E-state index in [4.69, 9.17) is 10.8 Å². The molecule has 0 saturated carbocycles.